The topological polar surface area (TPSA) is 82.2 Å². The third kappa shape index (κ3) is 4.03. The van der Waals surface area contributed by atoms with Crippen molar-refractivity contribution in [2.75, 3.05) is 24.6 Å². The number of benzene rings is 1. The fraction of sp³-hybridized carbons (Fsp3) is 0.333. The van der Waals surface area contributed by atoms with Crippen molar-refractivity contribution >= 4 is 17.4 Å². The zero-order valence-corrected chi connectivity index (χ0v) is 9.97. The summed E-state index contributed by atoms with van der Waals surface area (Å²) in [7, 11) is 1.65. The Labute approximate surface area is 101 Å². The van der Waals surface area contributed by atoms with Crippen molar-refractivity contribution < 1.29 is 4.79 Å². The smallest absolute Gasteiger partial charge is 0.321 e. The molecule has 0 saturated carbocycles. The lowest BCUT2D eigenvalue weighted by molar-refractivity contribution is 0.219. The number of nitriles is 1. The van der Waals surface area contributed by atoms with Crippen molar-refractivity contribution in [1.29, 1.82) is 5.26 Å². The molecule has 3 N–H and O–H groups in total. The molecular weight excluding hydrogens is 216 g/mol. The molecule has 1 aromatic rings. The van der Waals surface area contributed by atoms with E-state index in [0.717, 1.165) is 0 Å². The van der Waals surface area contributed by atoms with Gasteiger partial charge in [0.05, 0.1) is 12.0 Å². The Morgan fingerprint density at radius 1 is 1.65 bits per heavy atom. The van der Waals surface area contributed by atoms with Crippen molar-refractivity contribution in [3.63, 3.8) is 0 Å². The maximum atomic E-state index is 11.7. The van der Waals surface area contributed by atoms with E-state index in [1.54, 1.807) is 38.2 Å². The van der Waals surface area contributed by atoms with E-state index >= 15 is 0 Å². The number of rotatable bonds is 3. The number of anilines is 2. The number of nitrogen functional groups attached to an aromatic ring is 1. The molecule has 0 fully saturated rings. The van der Waals surface area contributed by atoms with Crippen LogP contribution >= 0.6 is 0 Å². The highest BCUT2D eigenvalue weighted by atomic mass is 16.2. The van der Waals surface area contributed by atoms with Gasteiger partial charge in [0.25, 0.3) is 0 Å². The van der Waals surface area contributed by atoms with Gasteiger partial charge in [-0.1, -0.05) is 6.07 Å². The van der Waals surface area contributed by atoms with Gasteiger partial charge in [-0.3, -0.25) is 0 Å². The molecule has 90 valence electrons. The number of nitrogens with two attached hydrogens (primary N) is 1. The molecule has 1 unspecified atom stereocenters. The molecule has 0 aliphatic carbocycles. The fourth-order valence-corrected chi connectivity index (χ4v) is 1.37. The largest absolute Gasteiger partial charge is 0.399 e. The third-order valence-corrected chi connectivity index (χ3v) is 2.25. The highest BCUT2D eigenvalue weighted by molar-refractivity contribution is 5.89. The average molecular weight is 232 g/mol. The zero-order valence-electron chi connectivity index (χ0n) is 9.97. The van der Waals surface area contributed by atoms with Crippen LogP contribution in [0.4, 0.5) is 16.2 Å². The average Bonchev–Trinajstić information content (AvgIpc) is 2.28. The molecule has 0 bridgehead atoms. The summed E-state index contributed by atoms with van der Waals surface area (Å²) >= 11 is 0. The van der Waals surface area contributed by atoms with E-state index in [0.29, 0.717) is 17.9 Å². The molecule has 1 aromatic carbocycles. The monoisotopic (exact) mass is 232 g/mol. The standard InChI is InChI=1S/C12H16N4O/c1-9(7-13)8-16(2)12(17)15-11-5-3-4-10(14)6-11/h3-6,9H,8,14H2,1-2H3,(H,15,17). The first-order valence-electron chi connectivity index (χ1n) is 5.30. The van der Waals surface area contributed by atoms with Crippen LogP contribution in [0.5, 0.6) is 0 Å². The fourth-order valence-electron chi connectivity index (χ4n) is 1.37. The number of hydrogen-bond acceptors (Lipinski definition) is 3. The predicted molar refractivity (Wildman–Crippen MR) is 67.3 cm³/mol. The van der Waals surface area contributed by atoms with Crippen molar-refractivity contribution in [1.82, 2.24) is 4.90 Å². The first-order chi connectivity index (χ1) is 8.02. The van der Waals surface area contributed by atoms with Crippen LogP contribution in [-0.4, -0.2) is 24.5 Å². The Kier molecular flexibility index (Phi) is 4.35. The van der Waals surface area contributed by atoms with Gasteiger partial charge < -0.3 is 16.0 Å². The molecule has 0 aliphatic heterocycles. The van der Waals surface area contributed by atoms with Crippen LogP contribution in [0.25, 0.3) is 0 Å². The maximum absolute atomic E-state index is 11.7. The third-order valence-electron chi connectivity index (χ3n) is 2.25. The molecule has 0 heterocycles. The summed E-state index contributed by atoms with van der Waals surface area (Å²) in [6.07, 6.45) is 0. The normalized spacial score (nSPS) is 11.4. The second-order valence-corrected chi connectivity index (χ2v) is 3.97. The number of hydrogen-bond donors (Lipinski definition) is 2. The van der Waals surface area contributed by atoms with Gasteiger partial charge in [-0.2, -0.15) is 5.26 Å². The minimum absolute atomic E-state index is 0.188. The summed E-state index contributed by atoms with van der Waals surface area (Å²) in [5.41, 5.74) is 6.84. The van der Waals surface area contributed by atoms with Crippen LogP contribution in [0.3, 0.4) is 0 Å². The van der Waals surface area contributed by atoms with E-state index in [-0.39, 0.29) is 11.9 Å². The molecule has 0 spiro atoms. The number of amides is 2. The second-order valence-electron chi connectivity index (χ2n) is 3.97. The molecule has 17 heavy (non-hydrogen) atoms. The van der Waals surface area contributed by atoms with Crippen LogP contribution in [0, 0.1) is 17.2 Å². The highest BCUT2D eigenvalue weighted by Gasteiger charge is 2.11. The van der Waals surface area contributed by atoms with E-state index in [4.69, 9.17) is 11.0 Å². The summed E-state index contributed by atoms with van der Waals surface area (Å²) < 4.78 is 0. The summed E-state index contributed by atoms with van der Waals surface area (Å²) in [5, 5.41) is 11.4. The lowest BCUT2D eigenvalue weighted by Gasteiger charge is -2.19. The van der Waals surface area contributed by atoms with Gasteiger partial charge in [-0.05, 0) is 25.1 Å². The molecule has 5 nitrogen and oxygen atoms in total. The molecule has 1 atom stereocenters. The number of carbonyl (C=O) groups is 1. The lowest BCUT2D eigenvalue weighted by atomic mass is 10.2. The van der Waals surface area contributed by atoms with Crippen molar-refractivity contribution in [2.45, 2.75) is 6.92 Å². The van der Waals surface area contributed by atoms with Gasteiger partial charge in [0.1, 0.15) is 0 Å². The molecule has 0 saturated heterocycles. The number of carbonyl (C=O) groups excluding carboxylic acids is 1. The van der Waals surface area contributed by atoms with Crippen molar-refractivity contribution in [2.24, 2.45) is 5.92 Å². The number of urea groups is 1. The zero-order chi connectivity index (χ0) is 12.8. The molecule has 2 amide bonds. The van der Waals surface area contributed by atoms with E-state index in [1.807, 2.05) is 0 Å². The maximum Gasteiger partial charge on any atom is 0.321 e. The van der Waals surface area contributed by atoms with Gasteiger partial charge >= 0.3 is 6.03 Å². The summed E-state index contributed by atoms with van der Waals surface area (Å²) in [4.78, 5) is 13.2. The molecular formula is C12H16N4O. The van der Waals surface area contributed by atoms with Crippen LogP contribution in [-0.2, 0) is 0 Å². The summed E-state index contributed by atoms with van der Waals surface area (Å²) in [6, 6.07) is 8.78. The van der Waals surface area contributed by atoms with E-state index in [1.165, 1.54) is 4.90 Å². The van der Waals surface area contributed by atoms with E-state index in [9.17, 15) is 4.79 Å². The molecule has 1 rings (SSSR count). The minimum atomic E-state index is -0.252. The highest BCUT2D eigenvalue weighted by Crippen LogP contribution is 2.12. The molecule has 0 aliphatic rings. The Hall–Kier alpha value is -2.22. The predicted octanol–water partition coefficient (Wildman–Crippen LogP) is 1.89. The van der Waals surface area contributed by atoms with Gasteiger partial charge in [0, 0.05) is 25.0 Å². The number of nitrogens with zero attached hydrogens (tertiary/aromatic N) is 2. The number of nitrogens with one attached hydrogen (secondary N) is 1. The first kappa shape index (κ1) is 12.8. The van der Waals surface area contributed by atoms with E-state index < -0.39 is 0 Å². The van der Waals surface area contributed by atoms with Crippen LogP contribution in [0.15, 0.2) is 24.3 Å². The van der Waals surface area contributed by atoms with Crippen LogP contribution < -0.4 is 11.1 Å². The van der Waals surface area contributed by atoms with E-state index in [2.05, 4.69) is 11.4 Å². The summed E-state index contributed by atoms with van der Waals surface area (Å²) in [5.74, 6) is -0.188. The molecule has 0 radical (unpaired) electrons. The quantitative estimate of drug-likeness (QED) is 0.781. The Balaban J connectivity index is 2.58. The molecule has 5 heteroatoms. The van der Waals surface area contributed by atoms with Gasteiger partial charge in [0.15, 0.2) is 0 Å². The lowest BCUT2D eigenvalue weighted by Crippen LogP contribution is -2.34. The van der Waals surface area contributed by atoms with Crippen LogP contribution in [0.1, 0.15) is 6.92 Å². The Morgan fingerprint density at radius 2 is 2.35 bits per heavy atom. The van der Waals surface area contributed by atoms with Crippen molar-refractivity contribution in [3.05, 3.63) is 24.3 Å². The second kappa shape index (κ2) is 5.75. The Bertz CT molecular complexity index is 438. The van der Waals surface area contributed by atoms with Crippen molar-refractivity contribution in [3.8, 4) is 6.07 Å². The Morgan fingerprint density at radius 3 is 2.94 bits per heavy atom. The minimum Gasteiger partial charge on any atom is -0.399 e. The van der Waals surface area contributed by atoms with Gasteiger partial charge in [-0.15, -0.1) is 0 Å². The van der Waals surface area contributed by atoms with Gasteiger partial charge in [-0.25, -0.2) is 4.79 Å². The molecule has 0 aromatic heterocycles. The van der Waals surface area contributed by atoms with Gasteiger partial charge in [0.2, 0.25) is 0 Å². The summed E-state index contributed by atoms with van der Waals surface area (Å²) in [6.45, 7) is 2.16. The SMILES string of the molecule is CC(C#N)CN(C)C(=O)Nc1cccc(N)c1. The first-order valence-corrected chi connectivity index (χ1v) is 5.30. The van der Waals surface area contributed by atoms with Crippen LogP contribution in [0.2, 0.25) is 0 Å².